The molecular weight excluding hydrogens is 396 g/mol. The average molecular weight is 417 g/mol. The summed E-state index contributed by atoms with van der Waals surface area (Å²) >= 11 is 5.87. The predicted molar refractivity (Wildman–Crippen MR) is 111 cm³/mol. The number of hydrogen-bond donors (Lipinski definition) is 0. The number of sulfonamides is 1. The van der Waals surface area contributed by atoms with Gasteiger partial charge in [0, 0.05) is 29.7 Å². The Morgan fingerprint density at radius 1 is 1.04 bits per heavy atom. The quantitative estimate of drug-likeness (QED) is 0.623. The van der Waals surface area contributed by atoms with E-state index in [0.29, 0.717) is 31.0 Å². The fraction of sp³-hybridized carbons (Fsp3) is 0.286. The Kier molecular flexibility index (Phi) is 5.53. The normalized spacial score (nSPS) is 16.3. The molecule has 0 spiro atoms. The lowest BCUT2D eigenvalue weighted by molar-refractivity contribution is 0.136. The molecule has 2 aromatic carbocycles. The molecule has 0 amide bonds. The van der Waals surface area contributed by atoms with Crippen LogP contribution in [0.5, 0.6) is 5.75 Å². The lowest BCUT2D eigenvalue weighted by atomic mass is 10.1. The van der Waals surface area contributed by atoms with Crippen LogP contribution in [-0.4, -0.2) is 36.9 Å². The number of para-hydroxylation sites is 1. The Morgan fingerprint density at radius 3 is 2.50 bits per heavy atom. The van der Waals surface area contributed by atoms with Gasteiger partial charge in [-0.2, -0.15) is 0 Å². The van der Waals surface area contributed by atoms with E-state index in [1.807, 2.05) is 30.3 Å². The van der Waals surface area contributed by atoms with Crippen molar-refractivity contribution in [2.45, 2.75) is 24.7 Å². The summed E-state index contributed by atoms with van der Waals surface area (Å²) in [6.45, 7) is 0.914. The van der Waals surface area contributed by atoms with Crippen LogP contribution < -0.4 is 4.74 Å². The molecular formula is C21H21ClN2O3S. The number of rotatable bonds is 5. The number of ether oxygens (including phenoxy) is 1. The molecule has 146 valence electrons. The van der Waals surface area contributed by atoms with Gasteiger partial charge in [0.1, 0.15) is 17.4 Å². The third kappa shape index (κ3) is 4.29. The summed E-state index contributed by atoms with van der Waals surface area (Å²) in [7, 11) is -3.36. The first kappa shape index (κ1) is 19.2. The van der Waals surface area contributed by atoms with Crippen LogP contribution in [0.4, 0.5) is 0 Å². The largest absolute Gasteiger partial charge is 0.488 e. The summed E-state index contributed by atoms with van der Waals surface area (Å²) in [5.41, 5.74) is 1.58. The Morgan fingerprint density at radius 2 is 1.75 bits per heavy atom. The highest BCUT2D eigenvalue weighted by molar-refractivity contribution is 7.88. The Balaban J connectivity index is 1.39. The maximum atomic E-state index is 12.7. The first-order chi connectivity index (χ1) is 13.5. The summed E-state index contributed by atoms with van der Waals surface area (Å²) in [6.07, 6.45) is 3.04. The number of nitrogens with zero attached hydrogens (tertiary/aromatic N) is 2. The fourth-order valence-electron chi connectivity index (χ4n) is 3.46. The second kappa shape index (κ2) is 8.07. The minimum atomic E-state index is -3.36. The van der Waals surface area contributed by atoms with E-state index in [2.05, 4.69) is 4.98 Å². The van der Waals surface area contributed by atoms with E-state index in [1.54, 1.807) is 34.8 Å². The van der Waals surface area contributed by atoms with Crippen LogP contribution in [0.2, 0.25) is 5.02 Å². The Hall–Kier alpha value is -2.15. The van der Waals surface area contributed by atoms with Crippen molar-refractivity contribution in [2.75, 3.05) is 13.1 Å². The molecule has 28 heavy (non-hydrogen) atoms. The van der Waals surface area contributed by atoms with Crippen LogP contribution in [0.1, 0.15) is 18.4 Å². The van der Waals surface area contributed by atoms with Gasteiger partial charge in [0.2, 0.25) is 10.0 Å². The lowest BCUT2D eigenvalue weighted by Gasteiger charge is -2.31. The monoisotopic (exact) mass is 416 g/mol. The second-order valence-corrected chi connectivity index (χ2v) is 9.34. The van der Waals surface area contributed by atoms with Crippen LogP contribution in [0, 0.1) is 0 Å². The Labute approximate surface area is 170 Å². The van der Waals surface area contributed by atoms with E-state index in [9.17, 15) is 8.42 Å². The molecule has 0 unspecified atom stereocenters. The highest BCUT2D eigenvalue weighted by Gasteiger charge is 2.29. The van der Waals surface area contributed by atoms with Crippen LogP contribution >= 0.6 is 11.6 Å². The number of benzene rings is 2. The summed E-state index contributed by atoms with van der Waals surface area (Å²) in [4.78, 5) is 4.41. The highest BCUT2D eigenvalue weighted by atomic mass is 35.5. The summed E-state index contributed by atoms with van der Waals surface area (Å²) in [6, 6.07) is 16.7. The molecule has 1 saturated heterocycles. The molecule has 1 fully saturated rings. The zero-order valence-electron chi connectivity index (χ0n) is 15.3. The van der Waals surface area contributed by atoms with Gasteiger partial charge in [-0.25, -0.2) is 12.7 Å². The SMILES string of the molecule is O=S(=O)(Cc1ccc(Cl)cc1)N1CCC(Oc2cccc3cccnc23)CC1. The van der Waals surface area contributed by atoms with Crippen molar-refractivity contribution in [3.05, 3.63) is 71.4 Å². The average Bonchev–Trinajstić information content (AvgIpc) is 2.70. The van der Waals surface area contributed by atoms with Crippen LogP contribution in [0.25, 0.3) is 10.9 Å². The first-order valence-corrected chi connectivity index (χ1v) is 11.2. The minimum Gasteiger partial charge on any atom is -0.488 e. The zero-order valence-corrected chi connectivity index (χ0v) is 16.9. The van der Waals surface area contributed by atoms with Crippen LogP contribution in [0.3, 0.4) is 0 Å². The maximum Gasteiger partial charge on any atom is 0.218 e. The molecule has 5 nitrogen and oxygen atoms in total. The van der Waals surface area contributed by atoms with E-state index in [4.69, 9.17) is 16.3 Å². The number of fused-ring (bicyclic) bond motifs is 1. The van der Waals surface area contributed by atoms with Crippen molar-refractivity contribution in [2.24, 2.45) is 0 Å². The van der Waals surface area contributed by atoms with Crippen molar-refractivity contribution in [1.29, 1.82) is 0 Å². The summed E-state index contributed by atoms with van der Waals surface area (Å²) in [5, 5.41) is 1.63. The lowest BCUT2D eigenvalue weighted by Crippen LogP contribution is -2.42. The smallest absolute Gasteiger partial charge is 0.218 e. The Bertz CT molecular complexity index is 1060. The number of aromatic nitrogens is 1. The maximum absolute atomic E-state index is 12.7. The van der Waals surface area contributed by atoms with Crippen molar-refractivity contribution in [1.82, 2.24) is 9.29 Å². The molecule has 3 aromatic rings. The van der Waals surface area contributed by atoms with Crippen molar-refractivity contribution < 1.29 is 13.2 Å². The van der Waals surface area contributed by atoms with Gasteiger partial charge in [-0.05, 0) is 42.7 Å². The molecule has 0 bridgehead atoms. The van der Waals surface area contributed by atoms with E-state index in [-0.39, 0.29) is 11.9 Å². The predicted octanol–water partition coefficient (Wildman–Crippen LogP) is 4.26. The van der Waals surface area contributed by atoms with Gasteiger partial charge < -0.3 is 4.74 Å². The molecule has 4 rings (SSSR count). The third-order valence-electron chi connectivity index (χ3n) is 4.95. The van der Waals surface area contributed by atoms with E-state index in [0.717, 1.165) is 22.2 Å². The molecule has 0 atom stereocenters. The summed E-state index contributed by atoms with van der Waals surface area (Å²) < 4.78 is 33.2. The molecule has 0 saturated carbocycles. The molecule has 1 aromatic heterocycles. The highest BCUT2D eigenvalue weighted by Crippen LogP contribution is 2.27. The number of hydrogen-bond acceptors (Lipinski definition) is 4. The van der Waals surface area contributed by atoms with Crippen LogP contribution in [-0.2, 0) is 15.8 Å². The van der Waals surface area contributed by atoms with Crippen molar-refractivity contribution in [3.8, 4) is 5.75 Å². The molecule has 7 heteroatoms. The standard InChI is InChI=1S/C21H21ClN2O3S/c22-18-8-6-16(7-9-18)15-28(25,26)24-13-10-19(11-14-24)27-20-5-1-3-17-4-2-12-23-21(17)20/h1-9,12,19H,10-11,13-15H2. The minimum absolute atomic E-state index is 0.0110. The number of pyridine rings is 1. The molecule has 0 N–H and O–H groups in total. The van der Waals surface area contributed by atoms with Crippen molar-refractivity contribution in [3.63, 3.8) is 0 Å². The molecule has 0 aliphatic carbocycles. The number of halogens is 1. The topological polar surface area (TPSA) is 59.5 Å². The molecule has 2 heterocycles. The molecule has 1 aliphatic heterocycles. The summed E-state index contributed by atoms with van der Waals surface area (Å²) in [5.74, 6) is 0.740. The van der Waals surface area contributed by atoms with Gasteiger partial charge >= 0.3 is 0 Å². The van der Waals surface area contributed by atoms with Gasteiger partial charge in [0.25, 0.3) is 0 Å². The molecule has 0 radical (unpaired) electrons. The molecule has 1 aliphatic rings. The number of piperidine rings is 1. The van der Waals surface area contributed by atoms with Gasteiger partial charge in [0.15, 0.2) is 0 Å². The second-order valence-electron chi connectivity index (χ2n) is 6.93. The van der Waals surface area contributed by atoms with Gasteiger partial charge in [0.05, 0.1) is 5.75 Å². The third-order valence-corrected chi connectivity index (χ3v) is 7.05. The van der Waals surface area contributed by atoms with Crippen LogP contribution in [0.15, 0.2) is 60.8 Å². The zero-order chi connectivity index (χ0) is 19.6. The first-order valence-electron chi connectivity index (χ1n) is 9.24. The van der Waals surface area contributed by atoms with Gasteiger partial charge in [-0.3, -0.25) is 4.98 Å². The van der Waals surface area contributed by atoms with E-state index in [1.165, 1.54) is 0 Å². The fourth-order valence-corrected chi connectivity index (χ4v) is 5.15. The van der Waals surface area contributed by atoms with E-state index >= 15 is 0 Å². The van der Waals surface area contributed by atoms with Gasteiger partial charge in [-0.1, -0.05) is 41.9 Å². The van der Waals surface area contributed by atoms with Crippen molar-refractivity contribution >= 4 is 32.5 Å². The van der Waals surface area contributed by atoms with Gasteiger partial charge in [-0.15, -0.1) is 0 Å². The van der Waals surface area contributed by atoms with E-state index < -0.39 is 10.0 Å².